The second-order valence-corrected chi connectivity index (χ2v) is 8.46. The summed E-state index contributed by atoms with van der Waals surface area (Å²) in [5.41, 5.74) is 0. The molecule has 1 aromatic carbocycles. The highest BCUT2D eigenvalue weighted by molar-refractivity contribution is 8.00. The molecule has 0 fully saturated rings. The van der Waals surface area contributed by atoms with Crippen molar-refractivity contribution in [1.29, 1.82) is 0 Å². The maximum absolute atomic E-state index is 13.6. The van der Waals surface area contributed by atoms with Gasteiger partial charge in [0.05, 0.1) is 4.90 Å². The van der Waals surface area contributed by atoms with E-state index in [-0.39, 0.29) is 9.64 Å². The summed E-state index contributed by atoms with van der Waals surface area (Å²) in [5, 5.41) is 0. The van der Waals surface area contributed by atoms with Crippen LogP contribution in [0.25, 0.3) is 0 Å². The van der Waals surface area contributed by atoms with Gasteiger partial charge in [-0.3, -0.25) is 0 Å². The van der Waals surface area contributed by atoms with Crippen LogP contribution in [0.1, 0.15) is 20.8 Å². The summed E-state index contributed by atoms with van der Waals surface area (Å²) in [6.07, 6.45) is 1.07. The first kappa shape index (κ1) is 13.5. The average Bonchev–Trinajstić information content (AvgIpc) is 2.04. The third-order valence-electron chi connectivity index (χ3n) is 1.75. The molecule has 1 aromatic rings. The van der Waals surface area contributed by atoms with E-state index in [1.807, 2.05) is 20.8 Å². The van der Waals surface area contributed by atoms with E-state index in [2.05, 4.69) is 0 Å². The van der Waals surface area contributed by atoms with E-state index >= 15 is 0 Å². The molecule has 1 rings (SSSR count). The van der Waals surface area contributed by atoms with Crippen molar-refractivity contribution in [1.82, 2.24) is 0 Å². The summed E-state index contributed by atoms with van der Waals surface area (Å²) < 4.78 is 35.9. The normalized spacial score (nSPS) is 12.8. The smallest absolute Gasteiger partial charge is 0.175 e. The lowest BCUT2D eigenvalue weighted by molar-refractivity contribution is 0.585. The molecule has 90 valence electrons. The SMILES string of the molecule is CC(C)(C)Sc1ccc(S(C)(=O)=O)cc1F. The maximum Gasteiger partial charge on any atom is 0.175 e. The molecule has 0 radical (unpaired) electrons. The highest BCUT2D eigenvalue weighted by Gasteiger charge is 2.17. The average molecular weight is 262 g/mol. The van der Waals surface area contributed by atoms with Gasteiger partial charge in [0, 0.05) is 15.9 Å². The topological polar surface area (TPSA) is 34.1 Å². The molecular formula is C11H15FO2S2. The summed E-state index contributed by atoms with van der Waals surface area (Å²) in [7, 11) is -3.34. The molecule has 2 nitrogen and oxygen atoms in total. The Bertz CT molecular complexity index is 487. The van der Waals surface area contributed by atoms with E-state index < -0.39 is 15.7 Å². The van der Waals surface area contributed by atoms with Crippen molar-refractivity contribution in [3.8, 4) is 0 Å². The number of hydrogen-bond donors (Lipinski definition) is 0. The van der Waals surface area contributed by atoms with Crippen LogP contribution >= 0.6 is 11.8 Å². The minimum absolute atomic E-state index is 0.0169. The zero-order valence-corrected chi connectivity index (χ0v) is 11.4. The summed E-state index contributed by atoms with van der Waals surface area (Å²) >= 11 is 1.38. The lowest BCUT2D eigenvalue weighted by Gasteiger charge is -2.18. The van der Waals surface area contributed by atoms with Crippen molar-refractivity contribution in [2.45, 2.75) is 35.3 Å². The Morgan fingerprint density at radius 1 is 1.25 bits per heavy atom. The molecular weight excluding hydrogens is 247 g/mol. The number of rotatable bonds is 2. The molecule has 0 bridgehead atoms. The Morgan fingerprint density at radius 2 is 1.81 bits per heavy atom. The van der Waals surface area contributed by atoms with Crippen LogP contribution in [0.2, 0.25) is 0 Å². The van der Waals surface area contributed by atoms with Crippen LogP contribution in [0.15, 0.2) is 28.0 Å². The molecule has 0 heterocycles. The summed E-state index contributed by atoms with van der Waals surface area (Å²) in [6, 6.07) is 4.03. The predicted molar refractivity (Wildman–Crippen MR) is 65.1 cm³/mol. The van der Waals surface area contributed by atoms with Crippen molar-refractivity contribution < 1.29 is 12.8 Å². The van der Waals surface area contributed by atoms with E-state index in [9.17, 15) is 12.8 Å². The van der Waals surface area contributed by atoms with Crippen LogP contribution in [0.4, 0.5) is 4.39 Å². The first-order valence-corrected chi connectivity index (χ1v) is 7.49. The molecule has 16 heavy (non-hydrogen) atoms. The molecule has 0 unspecified atom stereocenters. The minimum atomic E-state index is -3.34. The van der Waals surface area contributed by atoms with E-state index in [0.717, 1.165) is 12.3 Å². The maximum atomic E-state index is 13.6. The van der Waals surface area contributed by atoms with Gasteiger partial charge >= 0.3 is 0 Å². The fraction of sp³-hybridized carbons (Fsp3) is 0.455. The van der Waals surface area contributed by atoms with Crippen LogP contribution < -0.4 is 0 Å². The van der Waals surface area contributed by atoms with Gasteiger partial charge < -0.3 is 0 Å². The van der Waals surface area contributed by atoms with Gasteiger partial charge in [-0.1, -0.05) is 20.8 Å². The van der Waals surface area contributed by atoms with Gasteiger partial charge in [0.15, 0.2) is 9.84 Å². The molecule has 0 N–H and O–H groups in total. The second-order valence-electron chi connectivity index (χ2n) is 4.58. The monoisotopic (exact) mass is 262 g/mol. The number of hydrogen-bond acceptors (Lipinski definition) is 3. The second kappa shape index (κ2) is 4.37. The zero-order valence-electron chi connectivity index (χ0n) is 9.74. The molecule has 0 spiro atoms. The first-order chi connectivity index (χ1) is 7.09. The fourth-order valence-corrected chi connectivity index (χ4v) is 2.71. The van der Waals surface area contributed by atoms with E-state index in [1.54, 1.807) is 0 Å². The summed E-state index contributed by atoms with van der Waals surface area (Å²) in [6.45, 7) is 5.92. The van der Waals surface area contributed by atoms with Crippen molar-refractivity contribution in [3.63, 3.8) is 0 Å². The number of sulfone groups is 1. The van der Waals surface area contributed by atoms with Crippen molar-refractivity contribution in [3.05, 3.63) is 24.0 Å². The molecule has 0 aliphatic carbocycles. The molecule has 0 aliphatic rings. The van der Waals surface area contributed by atoms with Crippen LogP contribution in [0, 0.1) is 5.82 Å². The Kier molecular flexibility index (Phi) is 3.69. The lowest BCUT2D eigenvalue weighted by Crippen LogP contribution is -2.07. The van der Waals surface area contributed by atoms with Crippen LogP contribution in [0.3, 0.4) is 0 Å². The third kappa shape index (κ3) is 3.79. The molecule has 0 aromatic heterocycles. The van der Waals surface area contributed by atoms with Crippen molar-refractivity contribution in [2.75, 3.05) is 6.26 Å². The number of thioether (sulfide) groups is 1. The van der Waals surface area contributed by atoms with Gasteiger partial charge in [-0.15, -0.1) is 11.8 Å². The standard InChI is InChI=1S/C11H15FO2S2/c1-11(2,3)15-10-6-5-8(7-9(10)12)16(4,13)14/h5-7H,1-4H3. The van der Waals surface area contributed by atoms with Crippen LogP contribution in [-0.4, -0.2) is 19.4 Å². The van der Waals surface area contributed by atoms with Gasteiger partial charge in [0.2, 0.25) is 0 Å². The highest BCUT2D eigenvalue weighted by Crippen LogP contribution is 2.34. The molecule has 0 saturated carbocycles. The van der Waals surface area contributed by atoms with Crippen LogP contribution in [0.5, 0.6) is 0 Å². The Hall–Kier alpha value is -0.550. The van der Waals surface area contributed by atoms with Gasteiger partial charge in [0.1, 0.15) is 5.82 Å². The van der Waals surface area contributed by atoms with Gasteiger partial charge in [0.25, 0.3) is 0 Å². The van der Waals surface area contributed by atoms with E-state index in [4.69, 9.17) is 0 Å². The minimum Gasteiger partial charge on any atom is -0.224 e. The lowest BCUT2D eigenvalue weighted by atomic mass is 10.3. The highest BCUT2D eigenvalue weighted by atomic mass is 32.2. The molecule has 0 aliphatic heterocycles. The molecule has 0 atom stereocenters. The van der Waals surface area contributed by atoms with Gasteiger partial charge in [-0.05, 0) is 18.2 Å². The number of benzene rings is 1. The largest absolute Gasteiger partial charge is 0.224 e. The zero-order chi connectivity index (χ0) is 12.6. The summed E-state index contributed by atoms with van der Waals surface area (Å²) in [5.74, 6) is -0.483. The van der Waals surface area contributed by atoms with Gasteiger partial charge in [-0.25, -0.2) is 12.8 Å². The quantitative estimate of drug-likeness (QED) is 0.768. The Labute approximate surface area is 100 Å². The van der Waals surface area contributed by atoms with Crippen LogP contribution in [-0.2, 0) is 9.84 Å². The predicted octanol–water partition coefficient (Wildman–Crippen LogP) is 3.12. The first-order valence-electron chi connectivity index (χ1n) is 4.78. The fourth-order valence-electron chi connectivity index (χ4n) is 1.12. The van der Waals surface area contributed by atoms with E-state index in [0.29, 0.717) is 4.90 Å². The Balaban J connectivity index is 3.11. The molecule has 5 heteroatoms. The van der Waals surface area contributed by atoms with Crippen molar-refractivity contribution in [2.24, 2.45) is 0 Å². The Morgan fingerprint density at radius 3 is 2.19 bits per heavy atom. The number of halogens is 1. The molecule has 0 saturated heterocycles. The molecule has 0 amide bonds. The van der Waals surface area contributed by atoms with Crippen molar-refractivity contribution >= 4 is 21.6 Å². The van der Waals surface area contributed by atoms with E-state index in [1.165, 1.54) is 23.9 Å². The third-order valence-corrected chi connectivity index (χ3v) is 4.02. The summed E-state index contributed by atoms with van der Waals surface area (Å²) in [4.78, 5) is 0.489. The van der Waals surface area contributed by atoms with Gasteiger partial charge in [-0.2, -0.15) is 0 Å².